The van der Waals surface area contributed by atoms with Crippen molar-refractivity contribution >= 4 is 69.1 Å². The van der Waals surface area contributed by atoms with Crippen molar-refractivity contribution in [3.05, 3.63) is 0 Å². The summed E-state index contributed by atoms with van der Waals surface area (Å²) in [7, 11) is -6.39. The number of thiol groups is 4. The number of hydrogen-bond donors (Lipinski definition) is 4. The SMILES string of the molecule is O=S(=O)(OS)C(F)(F)F.SOB(OS)OS. The van der Waals surface area contributed by atoms with E-state index in [0.29, 0.717) is 0 Å². The van der Waals surface area contributed by atoms with Gasteiger partial charge in [0.1, 0.15) is 0 Å². The van der Waals surface area contributed by atoms with Crippen LogP contribution in [0.2, 0.25) is 0 Å². The molecular weight excluding hydrogens is 336 g/mol. The van der Waals surface area contributed by atoms with Gasteiger partial charge in [-0.15, -0.1) is 0 Å². The first-order valence-electron chi connectivity index (χ1n) is 2.71. The highest BCUT2D eigenvalue weighted by molar-refractivity contribution is 7.96. The monoisotopic (exact) mass is 340 g/mol. The first-order chi connectivity index (χ1) is 7.16. The van der Waals surface area contributed by atoms with Gasteiger partial charge in [0, 0.05) is 0 Å². The number of hydrogen-bond acceptors (Lipinski definition) is 10. The van der Waals surface area contributed by atoms with Crippen LogP contribution in [0, 0.1) is 0 Å². The maximum atomic E-state index is 11.1. The molecule has 0 radical (unpaired) electrons. The van der Waals surface area contributed by atoms with Crippen LogP contribution in [0.1, 0.15) is 0 Å². The van der Waals surface area contributed by atoms with Crippen LogP contribution in [0.25, 0.3) is 0 Å². The van der Waals surface area contributed by atoms with Crippen molar-refractivity contribution in [1.29, 1.82) is 0 Å². The van der Waals surface area contributed by atoms with Crippen molar-refractivity contribution in [2.45, 2.75) is 5.51 Å². The van der Waals surface area contributed by atoms with E-state index in [1.54, 1.807) is 0 Å². The van der Waals surface area contributed by atoms with Gasteiger partial charge in [-0.1, -0.05) is 0 Å². The third kappa shape index (κ3) is 8.18. The highest BCUT2D eigenvalue weighted by atomic mass is 32.3. The zero-order valence-corrected chi connectivity index (χ0v) is 11.3. The molecule has 0 amide bonds. The van der Waals surface area contributed by atoms with E-state index in [1.807, 2.05) is 0 Å². The molecule has 0 aromatic heterocycles. The lowest BCUT2D eigenvalue weighted by atomic mass is 10.3. The number of halogens is 3. The molecule has 0 spiro atoms. The third-order valence-corrected chi connectivity index (χ3v) is 2.51. The van der Waals surface area contributed by atoms with Gasteiger partial charge in [-0.05, 0) is 51.6 Å². The first kappa shape index (κ1) is 19.4. The Labute approximate surface area is 112 Å². The van der Waals surface area contributed by atoms with E-state index in [9.17, 15) is 21.6 Å². The lowest BCUT2D eigenvalue weighted by Gasteiger charge is -2.01. The Hall–Kier alpha value is 1.04. The van der Waals surface area contributed by atoms with E-state index in [2.05, 4.69) is 67.6 Å². The summed E-state index contributed by atoms with van der Waals surface area (Å²) < 4.78 is 67.7. The zero-order valence-electron chi connectivity index (χ0n) is 6.86. The second kappa shape index (κ2) is 9.04. The fourth-order valence-corrected chi connectivity index (χ4v) is 0.900. The van der Waals surface area contributed by atoms with Crippen LogP contribution in [-0.4, -0.2) is 21.2 Å². The predicted octanol–water partition coefficient (Wildman–Crippen LogP) is 1.25. The lowest BCUT2D eigenvalue weighted by Crippen LogP contribution is -2.22. The van der Waals surface area contributed by atoms with Gasteiger partial charge in [0.25, 0.3) is 0 Å². The zero-order chi connectivity index (χ0) is 13.4. The molecule has 0 unspecified atom stereocenters. The van der Waals surface area contributed by atoms with E-state index >= 15 is 0 Å². The van der Waals surface area contributed by atoms with Crippen molar-refractivity contribution in [2.24, 2.45) is 0 Å². The summed E-state index contributed by atoms with van der Waals surface area (Å²) in [5.41, 5.74) is -5.38. The van der Waals surface area contributed by atoms with Gasteiger partial charge >= 0.3 is 22.9 Å². The van der Waals surface area contributed by atoms with Gasteiger partial charge in [0.15, 0.2) is 0 Å². The normalized spacial score (nSPS) is 11.7. The van der Waals surface area contributed by atoms with Crippen molar-refractivity contribution in [3.8, 4) is 0 Å². The third-order valence-electron chi connectivity index (χ3n) is 0.640. The average Bonchev–Trinajstić information content (AvgIpc) is 2.20. The summed E-state index contributed by atoms with van der Waals surface area (Å²) in [6, 6.07) is 0. The molecule has 16 heavy (non-hydrogen) atoms. The molecule has 0 bridgehead atoms. The van der Waals surface area contributed by atoms with Crippen LogP contribution in [0.4, 0.5) is 13.2 Å². The molecule has 6 nitrogen and oxygen atoms in total. The molecule has 0 rings (SSSR count). The molecule has 0 N–H and O–H groups in total. The second-order valence-electron chi connectivity index (χ2n) is 1.58. The van der Waals surface area contributed by atoms with E-state index in [1.165, 1.54) is 0 Å². The smallest absolute Gasteiger partial charge is 0.319 e. The summed E-state index contributed by atoms with van der Waals surface area (Å²) >= 11 is 12.5. The van der Waals surface area contributed by atoms with Crippen molar-refractivity contribution in [2.75, 3.05) is 0 Å². The van der Waals surface area contributed by atoms with Gasteiger partial charge < -0.3 is 12.3 Å². The maximum absolute atomic E-state index is 11.1. The average molecular weight is 340 g/mol. The molecule has 0 heterocycles. The van der Waals surface area contributed by atoms with Crippen LogP contribution < -0.4 is 0 Å². The summed E-state index contributed by atoms with van der Waals surface area (Å²) in [6.45, 7) is 0. The number of rotatable bonds is 4. The minimum absolute atomic E-state index is 0.921. The Balaban J connectivity index is 0. The Bertz CT molecular complexity index is 256. The van der Waals surface area contributed by atoms with Gasteiger partial charge in [-0.25, -0.2) is 0 Å². The van der Waals surface area contributed by atoms with Crippen molar-refractivity contribution in [3.63, 3.8) is 0 Å². The minimum Gasteiger partial charge on any atom is -0.319 e. The lowest BCUT2D eigenvalue weighted by molar-refractivity contribution is -0.0493. The quantitative estimate of drug-likeness (QED) is 0.267. The Morgan fingerprint density at radius 1 is 0.938 bits per heavy atom. The molecule has 0 saturated carbocycles. The molecular formula is CH4BF3O6S5. The second-order valence-corrected chi connectivity index (χ2v) is 4.18. The first-order valence-corrected chi connectivity index (χ1v) is 5.58. The van der Waals surface area contributed by atoms with E-state index in [-0.39, 0.29) is 0 Å². The molecule has 0 saturated heterocycles. The van der Waals surface area contributed by atoms with Crippen LogP contribution >= 0.6 is 51.6 Å². The summed E-state index contributed by atoms with van der Waals surface area (Å²) in [5, 5.41) is 0. The van der Waals surface area contributed by atoms with Crippen LogP contribution in [0.15, 0.2) is 0 Å². The Morgan fingerprint density at radius 2 is 1.25 bits per heavy atom. The molecule has 0 aliphatic heterocycles. The van der Waals surface area contributed by atoms with Gasteiger partial charge in [0.05, 0.1) is 0 Å². The fraction of sp³-hybridized carbons (Fsp3) is 1.00. The fourth-order valence-electron chi connectivity index (χ4n) is 0.1000. The minimum atomic E-state index is -5.47. The van der Waals surface area contributed by atoms with Gasteiger partial charge in [0.2, 0.25) is 0 Å². The summed E-state index contributed by atoms with van der Waals surface area (Å²) in [6.07, 6.45) is 0. The van der Waals surface area contributed by atoms with E-state index < -0.39 is 22.9 Å². The highest BCUT2D eigenvalue weighted by Crippen LogP contribution is 2.24. The Kier molecular flexibility index (Phi) is 11.0. The van der Waals surface area contributed by atoms with Crippen LogP contribution in [0.3, 0.4) is 0 Å². The summed E-state index contributed by atoms with van der Waals surface area (Å²) in [5.74, 6) is 0. The Morgan fingerprint density at radius 3 is 1.25 bits per heavy atom. The summed E-state index contributed by atoms with van der Waals surface area (Å²) in [4.78, 5) is 0. The number of alkyl halides is 3. The molecule has 98 valence electrons. The van der Waals surface area contributed by atoms with E-state index in [4.69, 9.17) is 0 Å². The molecule has 0 aliphatic carbocycles. The molecule has 0 aliphatic rings. The highest BCUT2D eigenvalue weighted by Gasteiger charge is 2.47. The molecule has 0 atom stereocenters. The topological polar surface area (TPSA) is 71.1 Å². The van der Waals surface area contributed by atoms with Crippen LogP contribution in [0.5, 0.6) is 0 Å². The van der Waals surface area contributed by atoms with Crippen molar-refractivity contribution < 1.29 is 37.5 Å². The molecule has 15 heteroatoms. The largest absolute Gasteiger partial charge is 0.673 e. The predicted molar refractivity (Wildman–Crippen MR) is 61.0 cm³/mol. The van der Waals surface area contributed by atoms with Crippen molar-refractivity contribution in [1.82, 2.24) is 0 Å². The molecule has 0 fully saturated rings. The molecule has 0 aromatic rings. The molecule has 0 aromatic carbocycles. The van der Waals surface area contributed by atoms with E-state index in [0.717, 1.165) is 0 Å². The van der Waals surface area contributed by atoms with Gasteiger partial charge in [-0.2, -0.15) is 25.2 Å². The standard InChI is InChI=1S/CHF3O3S2.BH3O3S3/c2-1(3,4)9(5,6)7-8;5-2-1(3-6)4-7/h8H;5-7H. The van der Waals surface area contributed by atoms with Crippen LogP contribution in [-0.2, 0) is 26.0 Å². The maximum Gasteiger partial charge on any atom is 0.673 e. The van der Waals surface area contributed by atoms with Gasteiger partial charge in [-0.3, -0.25) is 0 Å².